The molecule has 384 valence electrons. The quantitative estimate of drug-likeness (QED) is 0.0275. The second kappa shape index (κ2) is 30.6. The number of unbranched alkanes of at least 4 members (excludes halogenated alkanes) is 3. The molecule has 1 fully saturated rings. The van der Waals surface area contributed by atoms with Crippen molar-refractivity contribution in [2.24, 2.45) is 0 Å². The Morgan fingerprint density at radius 1 is 0.826 bits per heavy atom. The van der Waals surface area contributed by atoms with E-state index in [9.17, 15) is 54.3 Å². The molecular weight excluding hydrogens is 934 g/mol. The highest BCUT2D eigenvalue weighted by Gasteiger charge is 2.55. The van der Waals surface area contributed by atoms with Gasteiger partial charge in [0, 0.05) is 55.8 Å². The molecule has 24 nitrogen and oxygen atoms in total. The molecule has 2 aliphatic rings. The molecule has 25 heteroatoms. The number of nitrogens with one attached hydrogen (secondary N) is 3. The van der Waals surface area contributed by atoms with Gasteiger partial charge in [0.25, 0.3) is 17.6 Å². The second-order valence-electron chi connectivity index (χ2n) is 16.0. The lowest BCUT2D eigenvalue weighted by molar-refractivity contribution is -0.310. The predicted octanol–water partition coefficient (Wildman–Crippen LogP) is -1.96. The van der Waals surface area contributed by atoms with Crippen LogP contribution in [-0.4, -0.2) is 203 Å². The molecular formula is C44H64ClN7O17. The van der Waals surface area contributed by atoms with Crippen LogP contribution in [0.15, 0.2) is 42.6 Å². The van der Waals surface area contributed by atoms with Gasteiger partial charge in [-0.15, -0.1) is 5.10 Å². The number of amides is 5. The van der Waals surface area contributed by atoms with E-state index in [1.54, 1.807) is 28.9 Å². The van der Waals surface area contributed by atoms with Gasteiger partial charge in [-0.3, -0.25) is 28.9 Å². The van der Waals surface area contributed by atoms with E-state index in [4.69, 9.17) is 40.0 Å². The van der Waals surface area contributed by atoms with E-state index in [0.29, 0.717) is 89.2 Å². The van der Waals surface area contributed by atoms with Crippen molar-refractivity contribution in [2.45, 2.75) is 94.2 Å². The SMILES string of the molecule is O=C(CCN1C(=O)C=CC1=O)NCCOCCOCCOCCOCCn1cc(CCCCCCO[C@]2(C(=O)O)C[C@H](O)[C@@H](NC(=O)CO)[C@H]([C@H](O)[C@H](O)CNC(=O)Cc3ccc(Cl)cc3)O2)nn1. The summed E-state index contributed by atoms with van der Waals surface area (Å²) >= 11 is 5.89. The van der Waals surface area contributed by atoms with Crippen LogP contribution in [0.1, 0.15) is 49.8 Å². The fourth-order valence-electron chi connectivity index (χ4n) is 7.05. The number of carboxylic acids is 1. The van der Waals surface area contributed by atoms with Crippen molar-refractivity contribution in [3.63, 3.8) is 0 Å². The number of hydrogen-bond acceptors (Lipinski definition) is 18. The molecule has 3 heterocycles. The first kappa shape index (κ1) is 56.6. The molecule has 2 aliphatic heterocycles. The fraction of sp³-hybridized carbons (Fsp3) is 0.636. The van der Waals surface area contributed by atoms with E-state index in [2.05, 4.69) is 26.3 Å². The van der Waals surface area contributed by atoms with Crippen LogP contribution in [0.3, 0.4) is 0 Å². The monoisotopic (exact) mass is 997 g/mol. The smallest absolute Gasteiger partial charge is 0.364 e. The van der Waals surface area contributed by atoms with Gasteiger partial charge in [0.05, 0.1) is 96.4 Å². The number of carbonyl (C=O) groups is 6. The van der Waals surface area contributed by atoms with Gasteiger partial charge in [-0.1, -0.05) is 41.8 Å². The largest absolute Gasteiger partial charge is 0.477 e. The molecule has 5 amide bonds. The Bertz CT molecular complexity index is 1940. The number of carbonyl (C=O) groups excluding carboxylic acids is 5. The molecule has 0 aliphatic carbocycles. The Labute approximate surface area is 403 Å². The minimum absolute atomic E-state index is 0.0191. The third kappa shape index (κ3) is 20.1. The number of imide groups is 1. The highest BCUT2D eigenvalue weighted by molar-refractivity contribution is 6.30. The molecule has 0 spiro atoms. The number of hydrogen-bond donors (Lipinski definition) is 8. The van der Waals surface area contributed by atoms with Crippen molar-refractivity contribution in [3.8, 4) is 0 Å². The average Bonchev–Trinajstić information content (AvgIpc) is 3.92. The summed E-state index contributed by atoms with van der Waals surface area (Å²) in [7, 11) is 0. The minimum atomic E-state index is -2.46. The van der Waals surface area contributed by atoms with Crippen molar-refractivity contribution in [1.82, 2.24) is 35.8 Å². The van der Waals surface area contributed by atoms with Gasteiger partial charge in [0.2, 0.25) is 17.7 Å². The van der Waals surface area contributed by atoms with Gasteiger partial charge >= 0.3 is 5.97 Å². The van der Waals surface area contributed by atoms with Crippen molar-refractivity contribution in [3.05, 3.63) is 58.9 Å². The van der Waals surface area contributed by atoms with Crippen LogP contribution in [0.2, 0.25) is 5.02 Å². The van der Waals surface area contributed by atoms with E-state index in [1.165, 1.54) is 12.2 Å². The predicted molar refractivity (Wildman–Crippen MR) is 240 cm³/mol. The Kier molecular flexibility index (Phi) is 25.1. The number of ether oxygens (including phenoxy) is 6. The summed E-state index contributed by atoms with van der Waals surface area (Å²) in [6, 6.07) is 5.06. The minimum Gasteiger partial charge on any atom is -0.477 e. The Morgan fingerprint density at radius 3 is 2.12 bits per heavy atom. The van der Waals surface area contributed by atoms with E-state index >= 15 is 0 Å². The Balaban J connectivity index is 1.03. The van der Waals surface area contributed by atoms with Crippen LogP contribution in [0.4, 0.5) is 0 Å². The Morgan fingerprint density at radius 2 is 1.46 bits per heavy atom. The lowest BCUT2D eigenvalue weighted by atomic mass is 9.88. The van der Waals surface area contributed by atoms with Crippen LogP contribution < -0.4 is 16.0 Å². The summed E-state index contributed by atoms with van der Waals surface area (Å²) in [6.45, 7) is 2.13. The maximum Gasteiger partial charge on any atom is 0.364 e. The number of nitrogens with zero attached hydrogens (tertiary/aromatic N) is 4. The molecule has 8 N–H and O–H groups in total. The third-order valence-electron chi connectivity index (χ3n) is 10.7. The van der Waals surface area contributed by atoms with E-state index in [-0.39, 0.29) is 38.5 Å². The first-order valence-electron chi connectivity index (χ1n) is 22.7. The number of aliphatic hydroxyl groups excluding tert-OH is 4. The highest BCUT2D eigenvalue weighted by atomic mass is 35.5. The lowest BCUT2D eigenvalue weighted by Crippen LogP contribution is -2.68. The number of aliphatic carboxylic acids is 1. The lowest BCUT2D eigenvalue weighted by Gasteiger charge is -2.46. The number of aryl methyl sites for hydroxylation is 1. The van der Waals surface area contributed by atoms with Crippen molar-refractivity contribution >= 4 is 47.1 Å². The van der Waals surface area contributed by atoms with Gasteiger partial charge in [0.1, 0.15) is 18.8 Å². The summed E-state index contributed by atoms with van der Waals surface area (Å²) in [4.78, 5) is 73.1. The molecule has 2 aromatic rings. The fourth-order valence-corrected chi connectivity index (χ4v) is 7.18. The van der Waals surface area contributed by atoms with Gasteiger partial charge in [-0.05, 0) is 37.0 Å². The number of benzene rings is 1. The van der Waals surface area contributed by atoms with Crippen LogP contribution in [0.5, 0.6) is 0 Å². The zero-order chi connectivity index (χ0) is 50.0. The molecule has 0 bridgehead atoms. The molecule has 1 aromatic carbocycles. The first-order valence-corrected chi connectivity index (χ1v) is 23.1. The number of aromatic nitrogens is 3. The van der Waals surface area contributed by atoms with Crippen LogP contribution >= 0.6 is 11.6 Å². The third-order valence-corrected chi connectivity index (χ3v) is 11.0. The molecule has 6 atom stereocenters. The first-order chi connectivity index (χ1) is 33.2. The molecule has 1 saturated heterocycles. The Hall–Kier alpha value is -4.99. The zero-order valence-electron chi connectivity index (χ0n) is 38.3. The average molecular weight is 998 g/mol. The van der Waals surface area contributed by atoms with Crippen LogP contribution in [-0.2, 0) is 76.6 Å². The van der Waals surface area contributed by atoms with Crippen LogP contribution in [0.25, 0.3) is 0 Å². The maximum absolute atomic E-state index is 12.6. The highest BCUT2D eigenvalue weighted by Crippen LogP contribution is 2.34. The van der Waals surface area contributed by atoms with E-state index < -0.39 is 85.4 Å². The number of halogens is 1. The summed E-state index contributed by atoms with van der Waals surface area (Å²) in [6.07, 6.45) is -0.381. The van der Waals surface area contributed by atoms with Crippen molar-refractivity contribution in [1.29, 1.82) is 0 Å². The molecule has 4 rings (SSSR count). The second-order valence-corrected chi connectivity index (χ2v) is 16.5. The molecule has 69 heavy (non-hydrogen) atoms. The topological polar surface area (TPSA) is 329 Å². The van der Waals surface area contributed by atoms with Gasteiger partial charge in [-0.2, -0.15) is 0 Å². The van der Waals surface area contributed by atoms with Gasteiger partial charge < -0.3 is 69.9 Å². The summed E-state index contributed by atoms with van der Waals surface area (Å²) < 4.78 is 35.2. The molecule has 0 radical (unpaired) electrons. The summed E-state index contributed by atoms with van der Waals surface area (Å²) in [5.74, 6) is -6.64. The van der Waals surface area contributed by atoms with Gasteiger partial charge in [-0.25, -0.2) is 9.48 Å². The maximum atomic E-state index is 12.6. The van der Waals surface area contributed by atoms with Crippen molar-refractivity contribution in [2.75, 3.05) is 85.7 Å². The van der Waals surface area contributed by atoms with E-state index in [0.717, 1.165) is 23.4 Å². The summed E-state index contributed by atoms with van der Waals surface area (Å²) in [5, 5.41) is 68.8. The molecule has 0 unspecified atom stereocenters. The van der Waals surface area contributed by atoms with Crippen LogP contribution in [0, 0.1) is 0 Å². The number of carboxylic acid groups (broad SMARTS) is 1. The van der Waals surface area contributed by atoms with Crippen molar-refractivity contribution < 1.29 is 82.7 Å². The normalized spacial score (nSPS) is 20.0. The van der Waals surface area contributed by atoms with E-state index in [1.807, 2.05) is 6.20 Å². The standard InChI is InChI=1S/C44H64ClN7O17/c45-31-8-6-30(7-9-31)25-36(57)47-27-34(55)41(61)42-40(48-37(58)29-53)33(54)26-44(69-42,43(62)63)68-16-4-2-1-3-5-32-28-51(50-49-32)15-18-65-20-22-67-24-23-66-21-19-64-17-13-46-35(56)12-14-52-38(59)10-11-39(52)60/h6-11,28,33-34,40-42,53-55,61H,1-5,12-27,29H2,(H,46,56)(H,47,57)(H,48,58)(H,62,63)/t33-,34+,40+,41+,42+,44+/m0/s1. The molecule has 0 saturated carbocycles. The van der Waals surface area contributed by atoms with Gasteiger partial charge in [0.15, 0.2) is 0 Å². The number of rotatable bonds is 35. The number of aliphatic hydroxyl groups is 4. The zero-order valence-corrected chi connectivity index (χ0v) is 39.0. The summed E-state index contributed by atoms with van der Waals surface area (Å²) in [5.41, 5.74) is 1.43. The molecule has 1 aromatic heterocycles.